The van der Waals surface area contributed by atoms with Crippen molar-refractivity contribution in [2.24, 2.45) is 11.7 Å². The first-order valence-corrected chi connectivity index (χ1v) is 22.1. The average molecular weight is 855 g/mol. The van der Waals surface area contributed by atoms with E-state index >= 15 is 0 Å². The van der Waals surface area contributed by atoms with Gasteiger partial charge >= 0.3 is 24.2 Å². The van der Waals surface area contributed by atoms with Gasteiger partial charge in [-0.1, -0.05) is 24.3 Å². The Morgan fingerprint density at radius 2 is 0.950 bits per heavy atom. The highest BCUT2D eigenvalue weighted by Gasteiger charge is 2.29. The number of carbonyl (C=O) groups is 4. The zero-order valence-corrected chi connectivity index (χ0v) is 38.7. The largest absolute Gasteiger partial charge is 0.481 e. The van der Waals surface area contributed by atoms with Gasteiger partial charge in [0.1, 0.15) is 16.8 Å². The summed E-state index contributed by atoms with van der Waals surface area (Å²) in [5, 5.41) is 26.1. The summed E-state index contributed by atoms with van der Waals surface area (Å²) in [5.41, 5.74) is 4.38. The lowest BCUT2D eigenvalue weighted by atomic mass is 10.1. The number of amides is 3. The van der Waals surface area contributed by atoms with Crippen molar-refractivity contribution in [3.05, 3.63) is 24.3 Å². The highest BCUT2D eigenvalue weighted by atomic mass is 16.6. The number of hydrogen-bond donors (Lipinski definition) is 6. The number of rotatable bonds is 8. The van der Waals surface area contributed by atoms with Gasteiger partial charge in [0.15, 0.2) is 0 Å². The standard InChI is InChI=1S/C12H23NO3.C10H19NO3.C10H17NO2.C7H15NO.C6H8O2/c1-5-15-10-7-6-9(8-10)13-11(14)16-12(2,3)4;1-10(2,3)14-9(13)11-7-4-5-8(12)6-7;1-10(2,3)13-9(12)11-8-6-4-5-7-8;1-2-9-7-4-3-6(8)5-7;7-6(8)5-3-1-2-4-5/h9-10H,5-8H2,1-4H3,(H,13,14);7-8,12H,4-6H2,1-3H3,(H,11,13);4-5,8H,6-7H2,1-3H3,(H,11,12);6-7H,2-5,8H2,1H3;1-2,5H,3-4H2,(H,7,8)/t9-,10+;7-,8+;;6-,7+;/m11.1./s1. The van der Waals surface area contributed by atoms with Crippen molar-refractivity contribution in [1.29, 1.82) is 0 Å². The molecule has 0 unspecified atom stereocenters. The fourth-order valence-corrected chi connectivity index (χ4v) is 6.88. The number of hydrogen-bond acceptors (Lipinski definition) is 11. The maximum atomic E-state index is 11.5. The maximum absolute atomic E-state index is 11.5. The Labute approximate surface area is 360 Å². The van der Waals surface area contributed by atoms with E-state index < -0.39 is 28.9 Å². The summed E-state index contributed by atoms with van der Waals surface area (Å²) >= 11 is 0. The molecule has 0 aliphatic heterocycles. The highest BCUT2D eigenvalue weighted by molar-refractivity contribution is 5.71. The molecule has 15 nitrogen and oxygen atoms in total. The quantitative estimate of drug-likeness (QED) is 0.101. The van der Waals surface area contributed by atoms with Gasteiger partial charge in [-0.25, -0.2) is 14.4 Å². The van der Waals surface area contributed by atoms with Gasteiger partial charge in [0, 0.05) is 37.4 Å². The molecular formula is C45H82N4O11. The van der Waals surface area contributed by atoms with Crippen molar-refractivity contribution in [1.82, 2.24) is 16.0 Å². The average Bonchev–Trinajstić information content (AvgIpc) is 3.94. The predicted molar refractivity (Wildman–Crippen MR) is 234 cm³/mol. The number of allylic oxidation sites excluding steroid dienone is 2. The molecule has 0 aromatic carbocycles. The zero-order chi connectivity index (χ0) is 45.5. The van der Waals surface area contributed by atoms with E-state index in [4.69, 9.17) is 34.5 Å². The lowest BCUT2D eigenvalue weighted by Gasteiger charge is -2.21. The number of alkyl carbamates (subject to hydrolysis) is 3. The summed E-state index contributed by atoms with van der Waals surface area (Å²) in [6, 6.07) is 0.905. The van der Waals surface area contributed by atoms with Crippen molar-refractivity contribution in [3.63, 3.8) is 0 Å². The number of aliphatic hydroxyl groups is 1. The molecule has 3 amide bonds. The number of carboxylic acids is 1. The number of ether oxygens (including phenoxy) is 5. The first-order chi connectivity index (χ1) is 27.9. The maximum Gasteiger partial charge on any atom is 0.407 e. The van der Waals surface area contributed by atoms with Crippen LogP contribution >= 0.6 is 0 Å². The second kappa shape index (κ2) is 27.5. The number of aliphatic hydroxyl groups excluding tert-OH is 1. The first kappa shape index (κ1) is 54.6. The van der Waals surface area contributed by atoms with Gasteiger partial charge in [0.05, 0.1) is 24.2 Å². The van der Waals surface area contributed by atoms with Crippen LogP contribution in [0, 0.1) is 5.92 Å². The van der Waals surface area contributed by atoms with Gasteiger partial charge in [-0.2, -0.15) is 0 Å². The molecule has 0 spiro atoms. The number of carboxylic acid groups (broad SMARTS) is 1. The molecule has 0 aromatic heterocycles. The Hall–Kier alpha value is -3.40. The van der Waals surface area contributed by atoms with Crippen molar-refractivity contribution in [2.45, 2.75) is 219 Å². The molecule has 348 valence electrons. The fourth-order valence-electron chi connectivity index (χ4n) is 6.88. The number of carbonyl (C=O) groups excluding carboxylic acids is 3. The van der Waals surface area contributed by atoms with Crippen molar-refractivity contribution in [3.8, 4) is 0 Å². The third-order valence-corrected chi connectivity index (χ3v) is 9.55. The van der Waals surface area contributed by atoms with E-state index in [9.17, 15) is 24.3 Å². The van der Waals surface area contributed by atoms with E-state index in [0.717, 1.165) is 90.3 Å². The Bertz CT molecular complexity index is 1300. The van der Waals surface area contributed by atoms with E-state index in [1.807, 2.05) is 88.3 Å². The number of nitrogens with two attached hydrogens (primary N) is 1. The number of aliphatic carboxylic acids is 1. The van der Waals surface area contributed by atoms with Crippen LogP contribution < -0.4 is 21.7 Å². The molecule has 0 aromatic rings. The van der Waals surface area contributed by atoms with Gasteiger partial charge < -0.3 is 55.6 Å². The Morgan fingerprint density at radius 3 is 1.30 bits per heavy atom. The van der Waals surface area contributed by atoms with Gasteiger partial charge in [0.2, 0.25) is 0 Å². The Kier molecular flexibility index (Phi) is 25.1. The minimum absolute atomic E-state index is 0.0693. The topological polar surface area (TPSA) is 217 Å². The van der Waals surface area contributed by atoms with E-state index in [1.54, 1.807) is 0 Å². The minimum Gasteiger partial charge on any atom is -0.481 e. The normalized spacial score (nSPS) is 24.9. The lowest BCUT2D eigenvalue weighted by molar-refractivity contribution is -0.141. The van der Waals surface area contributed by atoms with Crippen LogP contribution in [0.1, 0.15) is 160 Å². The Balaban J connectivity index is 0.000000382. The molecule has 5 aliphatic carbocycles. The molecule has 6 atom stereocenters. The molecule has 0 saturated heterocycles. The molecule has 15 heteroatoms. The summed E-state index contributed by atoms with van der Waals surface area (Å²) in [5.74, 6) is -0.801. The summed E-state index contributed by atoms with van der Waals surface area (Å²) < 4.78 is 26.3. The van der Waals surface area contributed by atoms with E-state index in [0.29, 0.717) is 24.7 Å². The van der Waals surface area contributed by atoms with Gasteiger partial charge in [-0.3, -0.25) is 4.79 Å². The monoisotopic (exact) mass is 855 g/mol. The van der Waals surface area contributed by atoms with Crippen LogP contribution in [0.25, 0.3) is 0 Å². The SMILES string of the molecule is CC(C)(C)OC(=O)NC1CC=CC1.CC(C)(C)OC(=O)N[C@@H]1CC[C@H](O)C1.CCO[C@H]1CC[C@@H](N)C1.CCO[C@H]1CC[C@@H](NC(=O)OC(C)(C)C)C1.O=C(O)C1CC=CC1. The first-order valence-electron chi connectivity index (χ1n) is 22.1. The summed E-state index contributed by atoms with van der Waals surface area (Å²) in [4.78, 5) is 44.2. The molecule has 60 heavy (non-hydrogen) atoms. The van der Waals surface area contributed by atoms with Crippen LogP contribution in [0.4, 0.5) is 14.4 Å². The third-order valence-electron chi connectivity index (χ3n) is 9.55. The Morgan fingerprint density at radius 1 is 0.567 bits per heavy atom. The molecule has 0 bridgehead atoms. The van der Waals surface area contributed by atoms with E-state index in [2.05, 4.69) is 28.1 Å². The molecule has 3 fully saturated rings. The second-order valence-corrected chi connectivity index (χ2v) is 19.0. The fraction of sp³-hybridized carbons (Fsp3) is 0.822. The zero-order valence-electron chi connectivity index (χ0n) is 38.7. The smallest absolute Gasteiger partial charge is 0.407 e. The van der Waals surface area contributed by atoms with Crippen LogP contribution in [0.2, 0.25) is 0 Å². The summed E-state index contributed by atoms with van der Waals surface area (Å²) in [6.07, 6.45) is 19.2. The number of nitrogens with one attached hydrogen (secondary N) is 3. The van der Waals surface area contributed by atoms with Gasteiger partial charge in [0.25, 0.3) is 0 Å². The molecule has 5 aliphatic rings. The van der Waals surface area contributed by atoms with Crippen molar-refractivity contribution >= 4 is 24.2 Å². The molecule has 0 heterocycles. The van der Waals surface area contributed by atoms with Crippen molar-refractivity contribution in [2.75, 3.05) is 13.2 Å². The van der Waals surface area contributed by atoms with Gasteiger partial charge in [-0.15, -0.1) is 0 Å². The highest BCUT2D eigenvalue weighted by Crippen LogP contribution is 2.23. The molecule has 5 rings (SSSR count). The van der Waals surface area contributed by atoms with Crippen LogP contribution in [0.15, 0.2) is 24.3 Å². The van der Waals surface area contributed by atoms with Crippen LogP contribution in [-0.4, -0.2) is 107 Å². The molecule has 3 saturated carbocycles. The third kappa shape index (κ3) is 28.2. The van der Waals surface area contributed by atoms with E-state index in [1.165, 1.54) is 0 Å². The van der Waals surface area contributed by atoms with Crippen LogP contribution in [0.5, 0.6) is 0 Å². The summed E-state index contributed by atoms with van der Waals surface area (Å²) in [6.45, 7) is 22.3. The van der Waals surface area contributed by atoms with E-state index in [-0.39, 0.29) is 42.3 Å². The molecule has 0 radical (unpaired) electrons. The van der Waals surface area contributed by atoms with Crippen molar-refractivity contribution < 1.29 is 53.1 Å². The minimum atomic E-state index is -0.671. The molecular weight excluding hydrogens is 773 g/mol. The van der Waals surface area contributed by atoms with Gasteiger partial charge in [-0.05, 0) is 160 Å². The molecule has 7 N–H and O–H groups in total. The predicted octanol–water partition coefficient (Wildman–Crippen LogP) is 8.06. The lowest BCUT2D eigenvalue weighted by Crippen LogP contribution is -2.38. The van der Waals surface area contributed by atoms with Crippen LogP contribution in [-0.2, 0) is 28.5 Å². The summed E-state index contributed by atoms with van der Waals surface area (Å²) in [7, 11) is 0. The van der Waals surface area contributed by atoms with Crippen LogP contribution in [0.3, 0.4) is 0 Å². The second-order valence-electron chi connectivity index (χ2n) is 19.0.